The number of thiophene rings is 1. The number of carboxylic acid groups (broad SMARTS) is 1. The van der Waals surface area contributed by atoms with Crippen molar-refractivity contribution in [2.75, 3.05) is 6.54 Å². The highest BCUT2D eigenvalue weighted by Crippen LogP contribution is 2.12. The normalized spacial score (nSPS) is 11.7. The molecule has 6 heteroatoms. The Morgan fingerprint density at radius 1 is 1.04 bits per heavy atom. The Morgan fingerprint density at radius 3 is 2.42 bits per heavy atom. The molecule has 1 unspecified atom stereocenters. The second-order valence-corrected chi connectivity index (χ2v) is 6.38. The van der Waals surface area contributed by atoms with Crippen LogP contribution in [0.3, 0.4) is 0 Å². The number of ketones is 1. The van der Waals surface area contributed by atoms with Crippen LogP contribution in [-0.2, 0) is 16.0 Å². The number of benzene rings is 1. The fourth-order valence-electron chi connectivity index (χ4n) is 2.26. The molecule has 0 bridgehead atoms. The van der Waals surface area contributed by atoms with Crippen LogP contribution >= 0.6 is 11.3 Å². The van der Waals surface area contributed by atoms with E-state index in [1.54, 1.807) is 12.1 Å². The maximum absolute atomic E-state index is 11.8. The van der Waals surface area contributed by atoms with E-state index in [1.807, 2.05) is 35.7 Å². The summed E-state index contributed by atoms with van der Waals surface area (Å²) in [5, 5.41) is 13.7. The zero-order valence-corrected chi connectivity index (χ0v) is 13.9. The maximum atomic E-state index is 11.8. The average Bonchev–Trinajstić information content (AvgIpc) is 3.11. The van der Waals surface area contributed by atoms with E-state index in [9.17, 15) is 19.5 Å². The van der Waals surface area contributed by atoms with Gasteiger partial charge in [0.15, 0.2) is 5.78 Å². The molecular weight excluding hydrogens is 326 g/mol. The van der Waals surface area contributed by atoms with Crippen LogP contribution in [0.2, 0.25) is 0 Å². The summed E-state index contributed by atoms with van der Waals surface area (Å²) in [6, 6.07) is 12.8. The molecule has 1 amide bonds. The second kappa shape index (κ2) is 8.98. The van der Waals surface area contributed by atoms with Gasteiger partial charge in [0.25, 0.3) is 0 Å². The number of carbonyl (C=O) groups excluding carboxylic acids is 2. The molecule has 24 heavy (non-hydrogen) atoms. The van der Waals surface area contributed by atoms with Gasteiger partial charge in [0.05, 0.1) is 10.8 Å². The van der Waals surface area contributed by atoms with Crippen LogP contribution in [0.4, 0.5) is 0 Å². The minimum absolute atomic E-state index is 0.0518. The average molecular weight is 345 g/mol. The van der Waals surface area contributed by atoms with Crippen molar-refractivity contribution in [1.29, 1.82) is 0 Å². The van der Waals surface area contributed by atoms with Gasteiger partial charge in [0.1, 0.15) is 0 Å². The van der Waals surface area contributed by atoms with Gasteiger partial charge in [0.2, 0.25) is 5.91 Å². The Hall–Kier alpha value is -2.47. The van der Waals surface area contributed by atoms with Gasteiger partial charge in [-0.25, -0.2) is 0 Å². The number of nitrogens with one attached hydrogen (secondary N) is 1. The van der Waals surface area contributed by atoms with Crippen molar-refractivity contribution in [2.24, 2.45) is 5.92 Å². The van der Waals surface area contributed by atoms with Crippen LogP contribution in [0.15, 0.2) is 47.8 Å². The first-order chi connectivity index (χ1) is 11.6. The summed E-state index contributed by atoms with van der Waals surface area (Å²) in [5.41, 5.74) is 0.909. The first-order valence-electron chi connectivity index (χ1n) is 7.66. The van der Waals surface area contributed by atoms with Crippen molar-refractivity contribution in [2.45, 2.75) is 19.3 Å². The quantitative estimate of drug-likeness (QED) is 0.685. The summed E-state index contributed by atoms with van der Waals surface area (Å²) < 4.78 is 0. The van der Waals surface area contributed by atoms with Gasteiger partial charge in [-0.2, -0.15) is 0 Å². The third-order valence-corrected chi connectivity index (χ3v) is 4.51. The molecule has 2 rings (SSSR count). The van der Waals surface area contributed by atoms with Crippen LogP contribution < -0.4 is 5.32 Å². The predicted octanol–water partition coefficient (Wildman–Crippen LogP) is 2.77. The molecule has 1 aromatic heterocycles. The summed E-state index contributed by atoms with van der Waals surface area (Å²) in [6.07, 6.45) is 0.543. The van der Waals surface area contributed by atoms with Crippen molar-refractivity contribution in [3.8, 4) is 0 Å². The van der Waals surface area contributed by atoms with Gasteiger partial charge >= 0.3 is 5.97 Å². The van der Waals surface area contributed by atoms with Gasteiger partial charge in [-0.3, -0.25) is 14.4 Å². The van der Waals surface area contributed by atoms with E-state index in [0.717, 1.165) is 5.56 Å². The summed E-state index contributed by atoms with van der Waals surface area (Å²) in [7, 11) is 0. The van der Waals surface area contributed by atoms with Gasteiger partial charge in [-0.15, -0.1) is 11.3 Å². The van der Waals surface area contributed by atoms with Crippen LogP contribution in [0, 0.1) is 5.92 Å². The van der Waals surface area contributed by atoms with E-state index in [4.69, 9.17) is 0 Å². The molecular formula is C18H19NO4S. The Kier molecular flexibility index (Phi) is 6.69. The zero-order chi connectivity index (χ0) is 17.4. The van der Waals surface area contributed by atoms with E-state index >= 15 is 0 Å². The lowest BCUT2D eigenvalue weighted by molar-refractivity contribution is -0.141. The van der Waals surface area contributed by atoms with E-state index in [0.29, 0.717) is 11.3 Å². The number of amides is 1. The Morgan fingerprint density at radius 2 is 1.79 bits per heavy atom. The fraction of sp³-hybridized carbons (Fsp3) is 0.278. The lowest BCUT2D eigenvalue weighted by atomic mass is 9.99. The van der Waals surface area contributed by atoms with E-state index in [2.05, 4.69) is 5.32 Å². The molecule has 0 radical (unpaired) electrons. The highest BCUT2D eigenvalue weighted by molar-refractivity contribution is 7.12. The molecule has 1 aromatic carbocycles. The lowest BCUT2D eigenvalue weighted by Crippen LogP contribution is -2.34. The molecule has 0 spiro atoms. The third-order valence-electron chi connectivity index (χ3n) is 3.59. The monoisotopic (exact) mass is 345 g/mol. The number of Topliss-reactive ketones (excluding diaryl/α,β-unsaturated/α-hetero) is 1. The Labute approximate surface area is 144 Å². The van der Waals surface area contributed by atoms with Crippen molar-refractivity contribution >= 4 is 29.0 Å². The molecule has 0 aliphatic heterocycles. The predicted molar refractivity (Wildman–Crippen MR) is 92.2 cm³/mol. The standard InChI is InChI=1S/C18H19NO4S/c20-15(16-7-4-10-24-16)8-9-17(21)19-12-14(18(22)23)11-13-5-2-1-3-6-13/h1-7,10,14H,8-9,11-12H2,(H,19,21)(H,22,23). The summed E-state index contributed by atoms with van der Waals surface area (Å²) in [4.78, 5) is 35.6. The van der Waals surface area contributed by atoms with Crippen molar-refractivity contribution in [3.63, 3.8) is 0 Å². The van der Waals surface area contributed by atoms with Crippen LogP contribution in [0.1, 0.15) is 28.1 Å². The van der Waals surface area contributed by atoms with E-state index in [-0.39, 0.29) is 31.1 Å². The topological polar surface area (TPSA) is 83.5 Å². The highest BCUT2D eigenvalue weighted by Gasteiger charge is 2.19. The van der Waals surface area contributed by atoms with Crippen LogP contribution in [-0.4, -0.2) is 29.3 Å². The molecule has 0 aliphatic rings. The number of hydrogen-bond donors (Lipinski definition) is 2. The second-order valence-electron chi connectivity index (χ2n) is 5.43. The van der Waals surface area contributed by atoms with Crippen molar-refractivity contribution < 1.29 is 19.5 Å². The molecule has 0 aliphatic carbocycles. The minimum Gasteiger partial charge on any atom is -0.481 e. The third kappa shape index (κ3) is 5.62. The number of hydrogen-bond acceptors (Lipinski definition) is 4. The molecule has 0 saturated carbocycles. The smallest absolute Gasteiger partial charge is 0.308 e. The van der Waals surface area contributed by atoms with Gasteiger partial charge in [0, 0.05) is 19.4 Å². The first kappa shape index (κ1) is 17.9. The van der Waals surface area contributed by atoms with Crippen LogP contribution in [0.25, 0.3) is 0 Å². The van der Waals surface area contributed by atoms with Crippen molar-refractivity contribution in [3.05, 3.63) is 58.3 Å². The molecule has 126 valence electrons. The number of rotatable bonds is 9. The molecule has 0 saturated heterocycles. The molecule has 1 atom stereocenters. The number of aliphatic carboxylic acids is 1. The number of carboxylic acids is 1. The largest absolute Gasteiger partial charge is 0.481 e. The molecule has 2 N–H and O–H groups in total. The van der Waals surface area contributed by atoms with Crippen molar-refractivity contribution in [1.82, 2.24) is 5.32 Å². The SMILES string of the molecule is O=C(CCC(=O)c1cccs1)NCC(Cc1ccccc1)C(=O)O. The van der Waals surface area contributed by atoms with E-state index in [1.165, 1.54) is 11.3 Å². The molecule has 0 fully saturated rings. The first-order valence-corrected chi connectivity index (χ1v) is 8.54. The maximum Gasteiger partial charge on any atom is 0.308 e. The van der Waals surface area contributed by atoms with Gasteiger partial charge in [-0.05, 0) is 23.4 Å². The summed E-state index contributed by atoms with van der Waals surface area (Å²) in [6.45, 7) is 0.0518. The lowest BCUT2D eigenvalue weighted by Gasteiger charge is -2.13. The van der Waals surface area contributed by atoms with E-state index < -0.39 is 11.9 Å². The molecule has 5 nitrogen and oxygen atoms in total. The van der Waals surface area contributed by atoms with Crippen LogP contribution in [0.5, 0.6) is 0 Å². The summed E-state index contributed by atoms with van der Waals surface area (Å²) in [5.74, 6) is -2.02. The Balaban J connectivity index is 1.78. The fourth-order valence-corrected chi connectivity index (χ4v) is 2.95. The Bertz CT molecular complexity index is 682. The highest BCUT2D eigenvalue weighted by atomic mass is 32.1. The molecule has 2 aromatic rings. The van der Waals surface area contributed by atoms with Gasteiger partial charge in [-0.1, -0.05) is 36.4 Å². The van der Waals surface area contributed by atoms with Gasteiger partial charge < -0.3 is 10.4 Å². The number of carbonyl (C=O) groups is 3. The molecule has 1 heterocycles. The zero-order valence-electron chi connectivity index (χ0n) is 13.1. The minimum atomic E-state index is -0.950. The summed E-state index contributed by atoms with van der Waals surface area (Å²) >= 11 is 1.35.